The molecule has 0 amide bonds. The highest BCUT2D eigenvalue weighted by Gasteiger charge is 2.12. The fourth-order valence-electron chi connectivity index (χ4n) is 1.82. The van der Waals surface area contributed by atoms with Crippen LogP contribution in [0.4, 0.5) is 5.82 Å². The smallest absolute Gasteiger partial charge is 0.162 e. The van der Waals surface area contributed by atoms with Crippen molar-refractivity contribution in [3.05, 3.63) is 33.5 Å². The summed E-state index contributed by atoms with van der Waals surface area (Å²) in [6, 6.07) is 7.71. The molecule has 1 aromatic heterocycles. The second kappa shape index (κ2) is 7.56. The number of ether oxygens (including phenoxy) is 2. The van der Waals surface area contributed by atoms with Crippen molar-refractivity contribution in [1.82, 2.24) is 9.97 Å². The van der Waals surface area contributed by atoms with E-state index in [1.54, 1.807) is 7.11 Å². The Kier molecular flexibility index (Phi) is 5.75. The first-order valence-corrected chi connectivity index (χ1v) is 7.77. The van der Waals surface area contributed by atoms with Gasteiger partial charge in [-0.15, -0.1) is 0 Å². The average molecular weight is 399 g/mol. The van der Waals surface area contributed by atoms with Gasteiger partial charge in [-0.2, -0.15) is 0 Å². The summed E-state index contributed by atoms with van der Waals surface area (Å²) in [5.41, 5.74) is 7.63. The highest BCUT2D eigenvalue weighted by Crippen LogP contribution is 2.25. The lowest BCUT2D eigenvalue weighted by Crippen LogP contribution is -2.06. The summed E-state index contributed by atoms with van der Waals surface area (Å²) in [6.45, 7) is 3.17. The van der Waals surface area contributed by atoms with Crippen LogP contribution in [0, 0.1) is 3.57 Å². The third-order valence-electron chi connectivity index (χ3n) is 2.79. The van der Waals surface area contributed by atoms with E-state index in [9.17, 15) is 0 Å². The minimum absolute atomic E-state index is 0.407. The molecular formula is C15H18IN3O2. The van der Waals surface area contributed by atoms with Crippen LogP contribution < -0.4 is 10.5 Å². The molecular weight excluding hydrogens is 381 g/mol. The molecule has 0 saturated carbocycles. The van der Waals surface area contributed by atoms with Gasteiger partial charge in [-0.05, 0) is 41.1 Å². The zero-order chi connectivity index (χ0) is 15.2. The van der Waals surface area contributed by atoms with Crippen molar-refractivity contribution in [2.75, 3.05) is 19.5 Å². The molecule has 0 saturated heterocycles. The van der Waals surface area contributed by atoms with Crippen LogP contribution in [0.25, 0.3) is 11.4 Å². The number of hydrogen-bond donors (Lipinski definition) is 1. The number of rotatable bonds is 6. The zero-order valence-electron chi connectivity index (χ0n) is 12.1. The Labute approximate surface area is 138 Å². The summed E-state index contributed by atoms with van der Waals surface area (Å²) in [5.74, 6) is 1.86. The molecule has 6 heteroatoms. The lowest BCUT2D eigenvalue weighted by Gasteiger charge is -2.10. The van der Waals surface area contributed by atoms with Gasteiger partial charge < -0.3 is 15.2 Å². The molecule has 0 unspecified atom stereocenters. The van der Waals surface area contributed by atoms with Crippen molar-refractivity contribution < 1.29 is 9.47 Å². The van der Waals surface area contributed by atoms with E-state index in [4.69, 9.17) is 15.2 Å². The van der Waals surface area contributed by atoms with E-state index >= 15 is 0 Å². The predicted molar refractivity (Wildman–Crippen MR) is 91.1 cm³/mol. The lowest BCUT2D eigenvalue weighted by molar-refractivity contribution is 0.181. The summed E-state index contributed by atoms with van der Waals surface area (Å²) in [7, 11) is 1.63. The monoisotopic (exact) mass is 399 g/mol. The molecule has 0 radical (unpaired) electrons. The van der Waals surface area contributed by atoms with Gasteiger partial charge in [0.2, 0.25) is 0 Å². The van der Waals surface area contributed by atoms with Gasteiger partial charge in [0.05, 0.1) is 22.5 Å². The number of halogens is 1. The van der Waals surface area contributed by atoms with Gasteiger partial charge in [0.15, 0.2) is 5.82 Å². The fourth-order valence-corrected chi connectivity index (χ4v) is 2.22. The van der Waals surface area contributed by atoms with Crippen molar-refractivity contribution >= 4 is 28.4 Å². The Hall–Kier alpha value is -1.41. The maximum Gasteiger partial charge on any atom is 0.162 e. The van der Waals surface area contributed by atoms with E-state index in [1.807, 2.05) is 24.3 Å². The predicted octanol–water partition coefficient (Wildman–Crippen LogP) is 3.27. The molecule has 0 spiro atoms. The van der Waals surface area contributed by atoms with Gasteiger partial charge in [-0.3, -0.25) is 0 Å². The number of nitrogen functional groups attached to an aromatic ring is 1. The molecule has 5 nitrogen and oxygen atoms in total. The highest BCUT2D eigenvalue weighted by atomic mass is 127. The van der Waals surface area contributed by atoms with Crippen LogP contribution >= 0.6 is 22.6 Å². The van der Waals surface area contributed by atoms with Gasteiger partial charge in [0.25, 0.3) is 0 Å². The van der Waals surface area contributed by atoms with Crippen LogP contribution in [0.3, 0.4) is 0 Å². The summed E-state index contributed by atoms with van der Waals surface area (Å²) in [4.78, 5) is 8.89. The zero-order valence-corrected chi connectivity index (χ0v) is 14.3. The minimum Gasteiger partial charge on any atom is -0.494 e. The number of hydrogen-bond acceptors (Lipinski definition) is 5. The van der Waals surface area contributed by atoms with E-state index in [-0.39, 0.29) is 0 Å². The molecule has 21 heavy (non-hydrogen) atoms. The topological polar surface area (TPSA) is 70.3 Å². The third-order valence-corrected chi connectivity index (χ3v) is 3.97. The van der Waals surface area contributed by atoms with Gasteiger partial charge in [0.1, 0.15) is 11.6 Å². The fraction of sp³-hybridized carbons (Fsp3) is 0.333. The third kappa shape index (κ3) is 4.04. The first-order chi connectivity index (χ1) is 10.2. The molecule has 2 rings (SSSR count). The molecule has 0 bridgehead atoms. The molecule has 0 atom stereocenters. The average Bonchev–Trinajstić information content (AvgIpc) is 2.50. The van der Waals surface area contributed by atoms with E-state index in [2.05, 4.69) is 39.5 Å². The molecule has 1 aromatic carbocycles. The Morgan fingerprint density at radius 2 is 2.10 bits per heavy atom. The molecule has 2 N–H and O–H groups in total. The molecule has 2 aromatic rings. The van der Waals surface area contributed by atoms with Crippen LogP contribution in [0.5, 0.6) is 5.75 Å². The Balaban J connectivity index is 2.37. The molecule has 1 heterocycles. The molecule has 0 fully saturated rings. The quantitative estimate of drug-likeness (QED) is 0.756. The molecule has 112 valence electrons. The van der Waals surface area contributed by atoms with Gasteiger partial charge in [-0.25, -0.2) is 9.97 Å². The Morgan fingerprint density at radius 3 is 2.81 bits per heavy atom. The summed E-state index contributed by atoms with van der Waals surface area (Å²) >= 11 is 2.13. The lowest BCUT2D eigenvalue weighted by atomic mass is 10.2. The number of nitrogens with two attached hydrogens (primary N) is 1. The van der Waals surface area contributed by atoms with Crippen LogP contribution in [0.15, 0.2) is 24.3 Å². The summed E-state index contributed by atoms with van der Waals surface area (Å²) < 4.78 is 11.6. The van der Waals surface area contributed by atoms with Crippen LogP contribution in [0.2, 0.25) is 0 Å². The first-order valence-electron chi connectivity index (χ1n) is 6.69. The second-order valence-corrected chi connectivity index (χ2v) is 5.58. The SMILES string of the molecule is CCCOc1cccc(-c2nc(N)c(I)c(COC)n2)c1. The second-order valence-electron chi connectivity index (χ2n) is 4.50. The standard InChI is InChI=1S/C15H18IN3O2/c1-3-7-21-11-6-4-5-10(8-11)15-18-12(9-20-2)13(16)14(17)19-15/h4-6,8H,3,7,9H2,1-2H3,(H2,17,18,19). The van der Waals surface area contributed by atoms with Crippen LogP contribution in [-0.2, 0) is 11.3 Å². The minimum atomic E-state index is 0.407. The molecule has 0 aliphatic rings. The summed E-state index contributed by atoms with van der Waals surface area (Å²) in [6.07, 6.45) is 0.967. The van der Waals surface area contributed by atoms with Crippen molar-refractivity contribution in [3.8, 4) is 17.1 Å². The van der Waals surface area contributed by atoms with Crippen molar-refractivity contribution in [1.29, 1.82) is 0 Å². The number of aromatic nitrogens is 2. The van der Waals surface area contributed by atoms with E-state index in [1.165, 1.54) is 0 Å². The number of nitrogens with zero attached hydrogens (tertiary/aromatic N) is 2. The molecule has 0 aliphatic heterocycles. The van der Waals surface area contributed by atoms with E-state index in [0.717, 1.165) is 27.0 Å². The van der Waals surface area contributed by atoms with E-state index in [0.29, 0.717) is 24.9 Å². The normalized spacial score (nSPS) is 10.6. The van der Waals surface area contributed by atoms with Crippen LogP contribution in [-0.4, -0.2) is 23.7 Å². The number of methoxy groups -OCH3 is 1. The highest BCUT2D eigenvalue weighted by molar-refractivity contribution is 14.1. The van der Waals surface area contributed by atoms with Crippen molar-refractivity contribution in [2.24, 2.45) is 0 Å². The Morgan fingerprint density at radius 1 is 1.29 bits per heavy atom. The maximum absolute atomic E-state index is 5.96. The van der Waals surface area contributed by atoms with Crippen LogP contribution in [0.1, 0.15) is 19.0 Å². The van der Waals surface area contributed by atoms with Gasteiger partial charge in [-0.1, -0.05) is 19.1 Å². The van der Waals surface area contributed by atoms with Crippen molar-refractivity contribution in [3.63, 3.8) is 0 Å². The van der Waals surface area contributed by atoms with E-state index < -0.39 is 0 Å². The maximum atomic E-state index is 5.96. The number of anilines is 1. The molecule has 0 aliphatic carbocycles. The summed E-state index contributed by atoms with van der Waals surface area (Å²) in [5, 5.41) is 0. The Bertz CT molecular complexity index is 620. The van der Waals surface area contributed by atoms with Gasteiger partial charge in [0, 0.05) is 12.7 Å². The number of benzene rings is 1. The van der Waals surface area contributed by atoms with Gasteiger partial charge >= 0.3 is 0 Å². The largest absolute Gasteiger partial charge is 0.494 e. The first kappa shape index (κ1) is 16.0. The van der Waals surface area contributed by atoms with Crippen molar-refractivity contribution in [2.45, 2.75) is 20.0 Å².